The van der Waals surface area contributed by atoms with Gasteiger partial charge in [-0.05, 0) is 75.3 Å². The number of esters is 1. The lowest BCUT2D eigenvalue weighted by atomic mass is 9.85. The fourth-order valence-corrected chi connectivity index (χ4v) is 3.73. The maximum Gasteiger partial charge on any atom is 0.317 e. The highest BCUT2D eigenvalue weighted by Gasteiger charge is 2.30. The highest BCUT2D eigenvalue weighted by Crippen LogP contribution is 2.28. The molecule has 0 spiro atoms. The molecular weight excluding hydrogens is 394 g/mol. The molecule has 7 nitrogen and oxygen atoms in total. The van der Waals surface area contributed by atoms with Crippen molar-refractivity contribution in [3.8, 4) is 5.75 Å². The summed E-state index contributed by atoms with van der Waals surface area (Å²) in [6, 6.07) is 11.5. The van der Waals surface area contributed by atoms with E-state index < -0.39 is 5.41 Å². The minimum absolute atomic E-state index is 0.120. The molecule has 164 valence electrons. The molecule has 1 aromatic heterocycles. The van der Waals surface area contributed by atoms with Gasteiger partial charge >= 0.3 is 5.97 Å². The number of rotatable bonds is 7. The number of nitrogens with one attached hydrogen (secondary N) is 1. The van der Waals surface area contributed by atoms with Crippen molar-refractivity contribution in [2.75, 3.05) is 6.61 Å². The Morgan fingerprint density at radius 2 is 2.00 bits per heavy atom. The molecule has 2 aromatic carbocycles. The van der Waals surface area contributed by atoms with Gasteiger partial charge < -0.3 is 14.2 Å². The maximum absolute atomic E-state index is 12.9. The van der Waals surface area contributed by atoms with Crippen molar-refractivity contribution >= 4 is 17.0 Å². The molecular formula is C24H29N3O4. The Balaban J connectivity index is 1.40. The van der Waals surface area contributed by atoms with Gasteiger partial charge in [0.05, 0.1) is 12.0 Å². The standard InChI is InChI=1S/C24H29N3O4/c1-16-7-8-17(12-18(16)15-30-22-6-4-5-11-29-22)14-24(2,3)23(28)31-19-9-10-20-21(13-19)26-27-25-20/h7-10,12-13,22H,4-6,11,14-15H2,1-3H3,(H,25,26,27). The second kappa shape index (κ2) is 9.16. The van der Waals surface area contributed by atoms with E-state index >= 15 is 0 Å². The number of hydrogen-bond acceptors (Lipinski definition) is 6. The van der Waals surface area contributed by atoms with Gasteiger partial charge in [0.2, 0.25) is 0 Å². The Hall–Kier alpha value is -2.77. The van der Waals surface area contributed by atoms with Crippen LogP contribution in [0.25, 0.3) is 11.0 Å². The zero-order valence-electron chi connectivity index (χ0n) is 18.3. The topological polar surface area (TPSA) is 86.3 Å². The first-order valence-corrected chi connectivity index (χ1v) is 10.8. The van der Waals surface area contributed by atoms with Crippen LogP contribution in [0.2, 0.25) is 0 Å². The van der Waals surface area contributed by atoms with Gasteiger partial charge in [0.25, 0.3) is 0 Å². The number of H-pyrrole nitrogens is 1. The lowest BCUT2D eigenvalue weighted by Gasteiger charge is -2.24. The van der Waals surface area contributed by atoms with E-state index in [4.69, 9.17) is 14.2 Å². The molecule has 1 atom stereocenters. The second-order valence-electron chi connectivity index (χ2n) is 8.79. The molecule has 0 saturated carbocycles. The van der Waals surface area contributed by atoms with E-state index in [1.54, 1.807) is 18.2 Å². The summed E-state index contributed by atoms with van der Waals surface area (Å²) in [5.41, 5.74) is 4.05. The van der Waals surface area contributed by atoms with Crippen LogP contribution in [-0.2, 0) is 27.3 Å². The van der Waals surface area contributed by atoms with Gasteiger partial charge in [-0.25, -0.2) is 0 Å². The Morgan fingerprint density at radius 3 is 2.81 bits per heavy atom. The summed E-state index contributed by atoms with van der Waals surface area (Å²) in [5, 5.41) is 10.6. The number of benzene rings is 2. The SMILES string of the molecule is Cc1ccc(CC(C)(C)C(=O)Oc2ccc3n[nH]nc3c2)cc1COC1CCCCO1. The zero-order valence-corrected chi connectivity index (χ0v) is 18.3. The molecule has 3 aromatic rings. The summed E-state index contributed by atoms with van der Waals surface area (Å²) in [6.45, 7) is 7.14. The molecule has 2 heterocycles. The smallest absolute Gasteiger partial charge is 0.317 e. The predicted molar refractivity (Wildman–Crippen MR) is 117 cm³/mol. The van der Waals surface area contributed by atoms with Gasteiger partial charge in [0.15, 0.2) is 6.29 Å². The van der Waals surface area contributed by atoms with Crippen molar-refractivity contribution in [2.45, 2.75) is 59.4 Å². The number of nitrogens with zero attached hydrogens (tertiary/aromatic N) is 2. The normalized spacial score (nSPS) is 17.1. The van der Waals surface area contributed by atoms with E-state index in [1.807, 2.05) is 13.8 Å². The molecule has 1 unspecified atom stereocenters. The fraction of sp³-hybridized carbons (Fsp3) is 0.458. The lowest BCUT2D eigenvalue weighted by Crippen LogP contribution is -2.31. The van der Waals surface area contributed by atoms with Crippen LogP contribution in [0.1, 0.15) is 49.8 Å². The molecule has 0 bridgehead atoms. The van der Waals surface area contributed by atoms with Gasteiger partial charge in [-0.15, -0.1) is 0 Å². The van der Waals surface area contributed by atoms with E-state index in [2.05, 4.69) is 40.5 Å². The first kappa shape index (κ1) is 21.5. The van der Waals surface area contributed by atoms with E-state index in [9.17, 15) is 4.79 Å². The van der Waals surface area contributed by atoms with Gasteiger partial charge in [-0.1, -0.05) is 18.2 Å². The molecule has 1 aliphatic rings. The number of aryl methyl sites for hydroxylation is 1. The lowest BCUT2D eigenvalue weighted by molar-refractivity contribution is -0.169. The van der Waals surface area contributed by atoms with Crippen molar-refractivity contribution in [3.63, 3.8) is 0 Å². The number of aromatic nitrogens is 3. The Morgan fingerprint density at radius 1 is 1.16 bits per heavy atom. The van der Waals surface area contributed by atoms with Gasteiger partial charge in [0, 0.05) is 12.7 Å². The van der Waals surface area contributed by atoms with Crippen LogP contribution in [0.15, 0.2) is 36.4 Å². The number of aromatic amines is 1. The van der Waals surface area contributed by atoms with Crippen molar-refractivity contribution in [1.29, 1.82) is 0 Å². The van der Waals surface area contributed by atoms with E-state index in [0.29, 0.717) is 24.3 Å². The first-order chi connectivity index (χ1) is 14.9. The average Bonchev–Trinajstić information content (AvgIpc) is 3.22. The molecule has 1 aliphatic heterocycles. The van der Waals surface area contributed by atoms with Crippen LogP contribution < -0.4 is 4.74 Å². The summed E-state index contributed by atoms with van der Waals surface area (Å²) in [4.78, 5) is 12.9. The van der Waals surface area contributed by atoms with E-state index in [1.165, 1.54) is 5.56 Å². The first-order valence-electron chi connectivity index (χ1n) is 10.8. The molecule has 7 heteroatoms. The van der Waals surface area contributed by atoms with Crippen LogP contribution in [0.3, 0.4) is 0 Å². The molecule has 4 rings (SSSR count). The van der Waals surface area contributed by atoms with Gasteiger partial charge in [-0.3, -0.25) is 4.79 Å². The molecule has 1 N–H and O–H groups in total. The Kier molecular flexibility index (Phi) is 6.34. The third-order valence-electron chi connectivity index (χ3n) is 5.67. The van der Waals surface area contributed by atoms with Crippen molar-refractivity contribution in [2.24, 2.45) is 5.41 Å². The monoisotopic (exact) mass is 423 g/mol. The molecule has 0 radical (unpaired) electrons. The molecule has 0 aliphatic carbocycles. The van der Waals surface area contributed by atoms with Crippen LogP contribution in [0.4, 0.5) is 0 Å². The number of fused-ring (bicyclic) bond motifs is 1. The van der Waals surface area contributed by atoms with Crippen molar-refractivity contribution < 1.29 is 19.0 Å². The number of ether oxygens (including phenoxy) is 3. The predicted octanol–water partition coefficient (Wildman–Crippen LogP) is 4.48. The third-order valence-corrected chi connectivity index (χ3v) is 5.67. The number of carbonyl (C=O) groups is 1. The second-order valence-corrected chi connectivity index (χ2v) is 8.79. The fourth-order valence-electron chi connectivity index (χ4n) is 3.73. The quantitative estimate of drug-likeness (QED) is 0.445. The molecule has 0 amide bonds. The van der Waals surface area contributed by atoms with Crippen LogP contribution in [-0.4, -0.2) is 34.3 Å². The van der Waals surface area contributed by atoms with Crippen LogP contribution in [0.5, 0.6) is 5.75 Å². The summed E-state index contributed by atoms with van der Waals surface area (Å²) in [7, 11) is 0. The van der Waals surface area contributed by atoms with Crippen LogP contribution in [0, 0.1) is 12.3 Å². The van der Waals surface area contributed by atoms with E-state index in [0.717, 1.165) is 42.5 Å². The largest absolute Gasteiger partial charge is 0.426 e. The van der Waals surface area contributed by atoms with Gasteiger partial charge in [0.1, 0.15) is 16.8 Å². The number of carbonyl (C=O) groups excluding carboxylic acids is 1. The minimum Gasteiger partial charge on any atom is -0.426 e. The minimum atomic E-state index is -0.696. The maximum atomic E-state index is 12.9. The summed E-state index contributed by atoms with van der Waals surface area (Å²) in [5.74, 6) is 0.175. The van der Waals surface area contributed by atoms with Gasteiger partial charge in [-0.2, -0.15) is 15.4 Å². The zero-order chi connectivity index (χ0) is 21.8. The highest BCUT2D eigenvalue weighted by molar-refractivity contribution is 5.81. The highest BCUT2D eigenvalue weighted by atomic mass is 16.7. The average molecular weight is 424 g/mol. The Labute approximate surface area is 182 Å². The third kappa shape index (κ3) is 5.29. The summed E-state index contributed by atoms with van der Waals surface area (Å²) in [6.07, 6.45) is 3.63. The van der Waals surface area contributed by atoms with Crippen LogP contribution >= 0.6 is 0 Å². The molecule has 31 heavy (non-hydrogen) atoms. The van der Waals surface area contributed by atoms with E-state index in [-0.39, 0.29) is 12.3 Å². The Bertz CT molecular complexity index is 1050. The molecule has 1 fully saturated rings. The van der Waals surface area contributed by atoms with Crippen molar-refractivity contribution in [3.05, 3.63) is 53.1 Å². The number of hydrogen-bond donors (Lipinski definition) is 1. The molecule has 1 saturated heterocycles. The summed E-state index contributed by atoms with van der Waals surface area (Å²) < 4.78 is 17.3. The summed E-state index contributed by atoms with van der Waals surface area (Å²) >= 11 is 0. The van der Waals surface area contributed by atoms with Crippen molar-refractivity contribution in [1.82, 2.24) is 15.4 Å².